The Kier molecular flexibility index (Phi) is 5.05. The van der Waals surface area contributed by atoms with Gasteiger partial charge in [-0.05, 0) is 37.1 Å². The Morgan fingerprint density at radius 3 is 2.75 bits per heavy atom. The van der Waals surface area contributed by atoms with Gasteiger partial charge in [-0.3, -0.25) is 4.79 Å². The maximum absolute atomic E-state index is 11.5. The van der Waals surface area contributed by atoms with Gasteiger partial charge in [-0.1, -0.05) is 13.3 Å². The summed E-state index contributed by atoms with van der Waals surface area (Å²) in [6.07, 6.45) is 4.82. The number of hydrogen-bond acceptors (Lipinski definition) is 3. The molecule has 0 bridgehead atoms. The second kappa shape index (κ2) is 6.61. The van der Waals surface area contributed by atoms with Crippen LogP contribution >= 0.6 is 0 Å². The van der Waals surface area contributed by atoms with Crippen LogP contribution in [0.3, 0.4) is 0 Å². The summed E-state index contributed by atoms with van der Waals surface area (Å²) < 4.78 is 0. The van der Waals surface area contributed by atoms with E-state index in [1.165, 1.54) is 0 Å². The van der Waals surface area contributed by atoms with Crippen molar-refractivity contribution in [3.63, 3.8) is 0 Å². The molecule has 0 aliphatic carbocycles. The first-order chi connectivity index (χ1) is 7.74. The predicted octanol–water partition coefficient (Wildman–Crippen LogP) is 2.17. The van der Waals surface area contributed by atoms with Gasteiger partial charge in [0.25, 0.3) is 5.91 Å². The number of hydrazone groups is 1. The molecule has 0 unspecified atom stereocenters. The van der Waals surface area contributed by atoms with Crippen molar-refractivity contribution in [1.82, 2.24) is 5.43 Å². The van der Waals surface area contributed by atoms with Crippen LogP contribution in [0.1, 0.15) is 36.5 Å². The van der Waals surface area contributed by atoms with E-state index in [0.717, 1.165) is 19.3 Å². The Balaban J connectivity index is 2.40. The largest absolute Gasteiger partial charge is 0.399 e. The fourth-order valence-electron chi connectivity index (χ4n) is 1.16. The first-order valence-electron chi connectivity index (χ1n) is 5.41. The van der Waals surface area contributed by atoms with Gasteiger partial charge >= 0.3 is 0 Å². The summed E-state index contributed by atoms with van der Waals surface area (Å²) >= 11 is 0. The number of amides is 1. The van der Waals surface area contributed by atoms with Gasteiger partial charge in [-0.25, -0.2) is 5.43 Å². The van der Waals surface area contributed by atoms with Crippen LogP contribution in [0, 0.1) is 0 Å². The summed E-state index contributed by atoms with van der Waals surface area (Å²) in [6.45, 7) is 2.11. The molecule has 1 aromatic carbocycles. The second-order valence-electron chi connectivity index (χ2n) is 3.52. The van der Waals surface area contributed by atoms with E-state index < -0.39 is 0 Å². The molecule has 16 heavy (non-hydrogen) atoms. The van der Waals surface area contributed by atoms with Crippen molar-refractivity contribution in [2.45, 2.75) is 26.2 Å². The number of nitrogens with one attached hydrogen (secondary N) is 1. The normalized spacial score (nSPS) is 10.6. The highest BCUT2D eigenvalue weighted by Crippen LogP contribution is 2.04. The van der Waals surface area contributed by atoms with E-state index in [-0.39, 0.29) is 5.91 Å². The van der Waals surface area contributed by atoms with Crippen LogP contribution < -0.4 is 11.2 Å². The van der Waals surface area contributed by atoms with E-state index >= 15 is 0 Å². The Labute approximate surface area is 95.5 Å². The zero-order valence-electron chi connectivity index (χ0n) is 9.44. The van der Waals surface area contributed by atoms with E-state index in [0.29, 0.717) is 11.3 Å². The smallest absolute Gasteiger partial charge is 0.271 e. The number of nitrogens with two attached hydrogens (primary N) is 1. The second-order valence-corrected chi connectivity index (χ2v) is 3.52. The summed E-state index contributed by atoms with van der Waals surface area (Å²) in [5, 5.41) is 3.85. The molecule has 1 rings (SSSR count). The third kappa shape index (κ3) is 4.13. The number of benzene rings is 1. The fraction of sp³-hybridized carbons (Fsp3) is 0.333. The van der Waals surface area contributed by atoms with Gasteiger partial charge in [-0.15, -0.1) is 0 Å². The van der Waals surface area contributed by atoms with Crippen molar-refractivity contribution < 1.29 is 4.79 Å². The molecule has 0 atom stereocenters. The fourth-order valence-corrected chi connectivity index (χ4v) is 1.16. The molecule has 4 heteroatoms. The molecule has 0 saturated heterocycles. The maximum atomic E-state index is 11.5. The van der Waals surface area contributed by atoms with Crippen molar-refractivity contribution in [1.29, 1.82) is 0 Å². The number of carbonyl (C=O) groups excluding carboxylic acids is 1. The molecule has 0 aliphatic rings. The van der Waals surface area contributed by atoms with Crippen LogP contribution in [0.15, 0.2) is 29.4 Å². The molecule has 4 nitrogen and oxygen atoms in total. The predicted molar refractivity (Wildman–Crippen MR) is 66.3 cm³/mol. The molecular formula is C12H17N3O. The van der Waals surface area contributed by atoms with E-state index in [1.54, 1.807) is 30.5 Å². The van der Waals surface area contributed by atoms with Gasteiger partial charge in [0.05, 0.1) is 0 Å². The van der Waals surface area contributed by atoms with Crippen LogP contribution in [-0.2, 0) is 0 Å². The van der Waals surface area contributed by atoms with Gasteiger partial charge in [0.1, 0.15) is 0 Å². The van der Waals surface area contributed by atoms with Crippen molar-refractivity contribution in [2.24, 2.45) is 5.10 Å². The number of carbonyl (C=O) groups is 1. The lowest BCUT2D eigenvalue weighted by Crippen LogP contribution is -2.17. The summed E-state index contributed by atoms with van der Waals surface area (Å²) in [5.41, 5.74) is 9.19. The molecule has 0 radical (unpaired) electrons. The number of rotatable bonds is 5. The first-order valence-corrected chi connectivity index (χ1v) is 5.41. The average molecular weight is 219 g/mol. The molecule has 0 saturated carbocycles. The molecule has 3 N–H and O–H groups in total. The van der Waals surface area contributed by atoms with Crippen molar-refractivity contribution in [2.75, 3.05) is 5.73 Å². The minimum atomic E-state index is -0.215. The molecule has 0 spiro atoms. The van der Waals surface area contributed by atoms with E-state index in [4.69, 9.17) is 5.73 Å². The summed E-state index contributed by atoms with van der Waals surface area (Å²) in [7, 11) is 0. The Hall–Kier alpha value is -1.84. The third-order valence-electron chi connectivity index (χ3n) is 2.12. The van der Waals surface area contributed by atoms with Crippen molar-refractivity contribution in [3.8, 4) is 0 Å². The Morgan fingerprint density at radius 2 is 2.12 bits per heavy atom. The number of anilines is 1. The molecule has 1 aromatic rings. The van der Waals surface area contributed by atoms with E-state index in [1.807, 2.05) is 0 Å². The molecule has 0 aliphatic heterocycles. The van der Waals surface area contributed by atoms with Crippen LogP contribution in [0.25, 0.3) is 0 Å². The number of hydrogen-bond donors (Lipinski definition) is 2. The highest BCUT2D eigenvalue weighted by Gasteiger charge is 2.02. The lowest BCUT2D eigenvalue weighted by atomic mass is 10.2. The lowest BCUT2D eigenvalue weighted by molar-refractivity contribution is 0.0955. The highest BCUT2D eigenvalue weighted by atomic mass is 16.2. The molecular weight excluding hydrogens is 202 g/mol. The standard InChI is InChI=1S/C12H17N3O/c1-2-3-4-9-14-15-12(16)10-5-7-11(13)8-6-10/h5-9H,2-4,13H2,1H3,(H,15,16)/b14-9+. The first kappa shape index (κ1) is 12.2. The minimum absolute atomic E-state index is 0.215. The molecule has 0 aromatic heterocycles. The topological polar surface area (TPSA) is 67.5 Å². The Bertz CT molecular complexity index is 357. The van der Waals surface area contributed by atoms with Crippen molar-refractivity contribution >= 4 is 17.8 Å². The summed E-state index contributed by atoms with van der Waals surface area (Å²) in [4.78, 5) is 11.5. The third-order valence-corrected chi connectivity index (χ3v) is 2.12. The number of nitrogens with zero attached hydrogens (tertiary/aromatic N) is 1. The average Bonchev–Trinajstić information content (AvgIpc) is 2.29. The maximum Gasteiger partial charge on any atom is 0.271 e. The van der Waals surface area contributed by atoms with Gasteiger partial charge in [0.15, 0.2) is 0 Å². The molecule has 1 amide bonds. The Morgan fingerprint density at radius 1 is 1.44 bits per heavy atom. The summed E-state index contributed by atoms with van der Waals surface area (Å²) in [5.74, 6) is -0.215. The number of unbranched alkanes of at least 4 members (excludes halogenated alkanes) is 2. The van der Waals surface area contributed by atoms with Gasteiger partial charge in [0.2, 0.25) is 0 Å². The van der Waals surface area contributed by atoms with Crippen molar-refractivity contribution in [3.05, 3.63) is 29.8 Å². The molecule has 86 valence electrons. The quantitative estimate of drug-likeness (QED) is 0.345. The van der Waals surface area contributed by atoms with Crippen LogP contribution in [0.5, 0.6) is 0 Å². The number of nitrogen functional groups attached to an aromatic ring is 1. The van der Waals surface area contributed by atoms with Crippen LogP contribution in [0.4, 0.5) is 5.69 Å². The van der Waals surface area contributed by atoms with E-state index in [2.05, 4.69) is 17.5 Å². The van der Waals surface area contributed by atoms with Crippen LogP contribution in [-0.4, -0.2) is 12.1 Å². The minimum Gasteiger partial charge on any atom is -0.399 e. The van der Waals surface area contributed by atoms with Gasteiger partial charge in [-0.2, -0.15) is 5.10 Å². The van der Waals surface area contributed by atoms with Crippen LogP contribution in [0.2, 0.25) is 0 Å². The lowest BCUT2D eigenvalue weighted by Gasteiger charge is -1.99. The van der Waals surface area contributed by atoms with E-state index in [9.17, 15) is 4.79 Å². The highest BCUT2D eigenvalue weighted by molar-refractivity contribution is 5.94. The monoisotopic (exact) mass is 219 g/mol. The zero-order valence-corrected chi connectivity index (χ0v) is 9.44. The van der Waals surface area contributed by atoms with Gasteiger partial charge < -0.3 is 5.73 Å². The molecule has 0 heterocycles. The zero-order chi connectivity index (χ0) is 11.8. The molecule has 0 fully saturated rings. The SMILES string of the molecule is CCCC/C=N/NC(=O)c1ccc(N)cc1. The summed E-state index contributed by atoms with van der Waals surface area (Å²) in [6, 6.07) is 6.73. The van der Waals surface area contributed by atoms with Gasteiger partial charge in [0, 0.05) is 17.5 Å².